The number of nitrogens with zero attached hydrogens (tertiary/aromatic N) is 3. The molecule has 2 unspecified atom stereocenters. The van der Waals surface area contributed by atoms with E-state index < -0.39 is 12.2 Å². The van der Waals surface area contributed by atoms with Crippen LogP contribution in [0.4, 0.5) is 0 Å². The van der Waals surface area contributed by atoms with E-state index >= 15 is 0 Å². The average molecular weight is 512 g/mol. The average Bonchev–Trinajstić information content (AvgIpc) is 3.74. The van der Waals surface area contributed by atoms with Gasteiger partial charge in [-0.15, -0.1) is 0 Å². The highest BCUT2D eigenvalue weighted by molar-refractivity contribution is 5.91. The quantitative estimate of drug-likeness (QED) is 0.218. The first-order valence-electron chi connectivity index (χ1n) is 12.8. The van der Waals surface area contributed by atoms with Gasteiger partial charge in [-0.1, -0.05) is 29.8 Å². The number of nitrogens with one attached hydrogen (secondary N) is 2. The zero-order valence-electron chi connectivity index (χ0n) is 21.1. The van der Waals surface area contributed by atoms with Gasteiger partial charge in [-0.25, -0.2) is 4.98 Å². The Kier molecular flexibility index (Phi) is 5.47. The molecule has 7 rings (SSSR count). The summed E-state index contributed by atoms with van der Waals surface area (Å²) in [7, 11) is 0. The SMILES string of the molecule is Cc1ccc(-c2c3nc(cc4ccc([nH]4)c(-c4ccncc4)c4nc(cc5ccc2[nH]5)C=C4)C(O)C3O)cc1. The van der Waals surface area contributed by atoms with Crippen molar-refractivity contribution >= 4 is 34.2 Å². The molecule has 2 aliphatic heterocycles. The summed E-state index contributed by atoms with van der Waals surface area (Å²) in [5, 5.41) is 22.2. The summed E-state index contributed by atoms with van der Waals surface area (Å²) in [6.45, 7) is 2.03. The van der Waals surface area contributed by atoms with Crippen molar-refractivity contribution in [1.82, 2.24) is 24.9 Å². The minimum absolute atomic E-state index is 0.389. The van der Waals surface area contributed by atoms with Crippen LogP contribution in [0.1, 0.15) is 40.5 Å². The van der Waals surface area contributed by atoms with Gasteiger partial charge in [-0.2, -0.15) is 0 Å². The van der Waals surface area contributed by atoms with Gasteiger partial charge in [0.15, 0.2) is 0 Å². The second-order valence-electron chi connectivity index (χ2n) is 9.86. The molecule has 0 aliphatic carbocycles. The van der Waals surface area contributed by atoms with E-state index in [1.165, 1.54) is 0 Å². The fourth-order valence-corrected chi connectivity index (χ4v) is 5.23. The van der Waals surface area contributed by atoms with Crippen molar-refractivity contribution in [1.29, 1.82) is 0 Å². The van der Waals surface area contributed by atoms with E-state index in [1.807, 2.05) is 85.8 Å². The van der Waals surface area contributed by atoms with Crippen LogP contribution in [-0.4, -0.2) is 35.1 Å². The van der Waals surface area contributed by atoms with E-state index in [9.17, 15) is 10.2 Å². The second kappa shape index (κ2) is 9.16. The maximum Gasteiger partial charge on any atom is 0.128 e. The van der Waals surface area contributed by atoms with Crippen LogP contribution in [-0.2, 0) is 0 Å². The number of hydrogen-bond acceptors (Lipinski definition) is 5. The topological polar surface area (TPSA) is 111 Å². The summed E-state index contributed by atoms with van der Waals surface area (Å²) < 4.78 is 0. The van der Waals surface area contributed by atoms with Crippen LogP contribution in [0.2, 0.25) is 0 Å². The van der Waals surface area contributed by atoms with Crippen molar-refractivity contribution < 1.29 is 10.2 Å². The minimum atomic E-state index is -1.17. The third kappa shape index (κ3) is 4.14. The zero-order chi connectivity index (χ0) is 26.5. The summed E-state index contributed by atoms with van der Waals surface area (Å²) in [6.07, 6.45) is 5.20. The number of aryl methyl sites for hydroxylation is 1. The molecule has 0 saturated carbocycles. The maximum atomic E-state index is 11.2. The first-order chi connectivity index (χ1) is 19.0. The predicted molar refractivity (Wildman–Crippen MR) is 153 cm³/mol. The Labute approximate surface area is 224 Å². The predicted octanol–water partition coefficient (Wildman–Crippen LogP) is 6.29. The van der Waals surface area contributed by atoms with E-state index in [0.717, 1.165) is 61.3 Å². The molecule has 5 aromatic rings. The molecule has 0 spiro atoms. The van der Waals surface area contributed by atoms with Crippen molar-refractivity contribution in [3.8, 4) is 22.3 Å². The third-order valence-corrected chi connectivity index (χ3v) is 7.18. The Balaban J connectivity index is 1.59. The van der Waals surface area contributed by atoms with Crippen LogP contribution in [0, 0.1) is 6.92 Å². The molecule has 7 nitrogen and oxygen atoms in total. The van der Waals surface area contributed by atoms with E-state index in [-0.39, 0.29) is 0 Å². The van der Waals surface area contributed by atoms with E-state index in [4.69, 9.17) is 9.97 Å². The summed E-state index contributed by atoms with van der Waals surface area (Å²) in [5.74, 6) is 0. The van der Waals surface area contributed by atoms with Gasteiger partial charge in [0.05, 0.1) is 22.8 Å². The van der Waals surface area contributed by atoms with Crippen LogP contribution in [0.3, 0.4) is 0 Å². The molecule has 190 valence electrons. The van der Waals surface area contributed by atoms with Crippen molar-refractivity contribution in [2.45, 2.75) is 19.1 Å². The molecule has 4 aromatic heterocycles. The lowest BCUT2D eigenvalue weighted by molar-refractivity contribution is 0.0257. The summed E-state index contributed by atoms with van der Waals surface area (Å²) in [6, 6.07) is 23.6. The highest BCUT2D eigenvalue weighted by Crippen LogP contribution is 2.39. The lowest BCUT2D eigenvalue weighted by atomic mass is 9.99. The third-order valence-electron chi connectivity index (χ3n) is 7.18. The Morgan fingerprint density at radius 1 is 0.667 bits per heavy atom. The van der Waals surface area contributed by atoms with E-state index in [1.54, 1.807) is 18.5 Å². The molecule has 4 N–H and O–H groups in total. The summed E-state index contributed by atoms with van der Waals surface area (Å²) >= 11 is 0. The molecule has 0 amide bonds. The van der Waals surface area contributed by atoms with Crippen molar-refractivity contribution in [2.75, 3.05) is 0 Å². The zero-order valence-corrected chi connectivity index (χ0v) is 21.1. The molecule has 7 heteroatoms. The number of aliphatic hydroxyl groups excluding tert-OH is 2. The number of fused-ring (bicyclic) bond motifs is 8. The molecule has 1 aromatic carbocycles. The van der Waals surface area contributed by atoms with Crippen LogP contribution in [0.15, 0.2) is 85.2 Å². The molecule has 0 saturated heterocycles. The largest absolute Gasteiger partial charge is 0.384 e. The van der Waals surface area contributed by atoms with Gasteiger partial charge >= 0.3 is 0 Å². The van der Waals surface area contributed by atoms with Gasteiger partial charge in [0.2, 0.25) is 0 Å². The number of H-pyrrole nitrogens is 2. The highest BCUT2D eigenvalue weighted by atomic mass is 16.3. The molecule has 8 bridgehead atoms. The Morgan fingerprint density at radius 2 is 1.33 bits per heavy atom. The molecular weight excluding hydrogens is 486 g/mol. The van der Waals surface area contributed by atoms with Crippen molar-refractivity contribution in [2.24, 2.45) is 0 Å². The standard InChI is InChI=1S/C32H25N5O2/c1-18-2-4-19(5-3-18)29-26-11-7-22(35-26)16-21-6-9-24(34-21)28(20-12-14-33-15-13-20)25-10-8-23(36-25)17-27-31(38)32(39)30(29)37-27/h2-17,31-32,35-36,38-39H,1H3. The fraction of sp³-hybridized carbons (Fsp3) is 0.0938. The van der Waals surface area contributed by atoms with E-state index in [2.05, 4.69) is 15.0 Å². The first kappa shape index (κ1) is 23.3. The Morgan fingerprint density at radius 3 is 2.08 bits per heavy atom. The van der Waals surface area contributed by atoms with Crippen LogP contribution < -0.4 is 0 Å². The summed E-state index contributed by atoms with van der Waals surface area (Å²) in [4.78, 5) is 20.8. The fourth-order valence-electron chi connectivity index (χ4n) is 5.23. The number of rotatable bonds is 2. The lowest BCUT2D eigenvalue weighted by Crippen LogP contribution is -2.04. The van der Waals surface area contributed by atoms with Crippen molar-refractivity contribution in [3.63, 3.8) is 0 Å². The highest BCUT2D eigenvalue weighted by Gasteiger charge is 2.31. The number of aromatic nitrogens is 5. The van der Waals surface area contributed by atoms with Gasteiger partial charge in [0.25, 0.3) is 0 Å². The summed E-state index contributed by atoms with van der Waals surface area (Å²) in [5.41, 5.74) is 10.4. The number of aromatic amines is 2. The molecule has 0 fully saturated rings. The van der Waals surface area contributed by atoms with Gasteiger partial charge < -0.3 is 20.2 Å². The van der Waals surface area contributed by atoms with Crippen LogP contribution in [0.5, 0.6) is 0 Å². The maximum absolute atomic E-state index is 11.2. The first-order valence-corrected chi connectivity index (χ1v) is 12.8. The number of aliphatic hydroxyl groups is 2. The monoisotopic (exact) mass is 511 g/mol. The van der Waals surface area contributed by atoms with Gasteiger partial charge in [0.1, 0.15) is 12.2 Å². The second-order valence-corrected chi connectivity index (χ2v) is 9.86. The van der Waals surface area contributed by atoms with Gasteiger partial charge in [0, 0.05) is 45.6 Å². The van der Waals surface area contributed by atoms with E-state index in [0.29, 0.717) is 11.4 Å². The normalized spacial score (nSPS) is 16.5. The molecule has 0 radical (unpaired) electrons. The van der Waals surface area contributed by atoms with Gasteiger partial charge in [-0.3, -0.25) is 9.97 Å². The number of hydrogen-bond donors (Lipinski definition) is 4. The molecule has 39 heavy (non-hydrogen) atoms. The van der Waals surface area contributed by atoms with Crippen LogP contribution >= 0.6 is 0 Å². The molecule has 6 heterocycles. The molecule has 2 aliphatic rings. The molecule has 2 atom stereocenters. The molecular formula is C32H25N5O2. The Bertz CT molecular complexity index is 1900. The number of benzene rings is 1. The lowest BCUT2D eigenvalue weighted by Gasteiger charge is -2.11. The minimum Gasteiger partial charge on any atom is -0.384 e. The smallest absolute Gasteiger partial charge is 0.128 e. The van der Waals surface area contributed by atoms with Crippen molar-refractivity contribution in [3.05, 3.63) is 114 Å². The number of pyridine rings is 1. The van der Waals surface area contributed by atoms with Crippen LogP contribution in [0.25, 0.3) is 56.5 Å². The van der Waals surface area contributed by atoms with Gasteiger partial charge in [-0.05, 0) is 78.7 Å². The Hall–Kier alpha value is -4.85.